The fourth-order valence-corrected chi connectivity index (χ4v) is 3.12. The molecule has 0 saturated heterocycles. The maximum Gasteiger partial charge on any atom is 0.328 e. The molecule has 1 rings (SSSR count). The van der Waals surface area contributed by atoms with Crippen molar-refractivity contribution in [2.24, 2.45) is 0 Å². The van der Waals surface area contributed by atoms with Gasteiger partial charge in [0.25, 0.3) is 0 Å². The predicted molar refractivity (Wildman–Crippen MR) is 86.3 cm³/mol. The minimum Gasteiger partial charge on any atom is -0.480 e. The molecule has 20 heavy (non-hydrogen) atoms. The first kappa shape index (κ1) is 17.1. The lowest BCUT2D eigenvalue weighted by Gasteiger charge is -2.31. The van der Waals surface area contributed by atoms with Crippen molar-refractivity contribution in [3.63, 3.8) is 0 Å². The maximum absolute atomic E-state index is 11.9. The smallest absolute Gasteiger partial charge is 0.328 e. The molecule has 3 nitrogen and oxygen atoms in total. The normalized spacial score (nSPS) is 13.9. The van der Waals surface area contributed by atoms with E-state index in [9.17, 15) is 9.90 Å². The van der Waals surface area contributed by atoms with Crippen LogP contribution in [0.15, 0.2) is 30.3 Å². The summed E-state index contributed by atoms with van der Waals surface area (Å²) >= 11 is 1.82. The topological polar surface area (TPSA) is 49.3 Å². The van der Waals surface area contributed by atoms with Crippen molar-refractivity contribution in [3.05, 3.63) is 35.9 Å². The van der Waals surface area contributed by atoms with Gasteiger partial charge in [0.15, 0.2) is 0 Å². The molecule has 0 heterocycles. The van der Waals surface area contributed by atoms with Gasteiger partial charge in [-0.15, -0.1) is 0 Å². The van der Waals surface area contributed by atoms with Gasteiger partial charge >= 0.3 is 5.97 Å². The molecular weight excluding hydrogens is 270 g/mol. The number of hydrogen-bond donors (Lipinski definition) is 2. The number of aliphatic carboxylic acids is 1. The molecule has 0 aliphatic heterocycles. The Balaban J connectivity index is 2.92. The van der Waals surface area contributed by atoms with E-state index in [1.807, 2.05) is 42.1 Å². The Morgan fingerprint density at radius 3 is 2.45 bits per heavy atom. The van der Waals surface area contributed by atoms with Gasteiger partial charge in [-0.3, -0.25) is 5.32 Å². The van der Waals surface area contributed by atoms with E-state index in [4.69, 9.17) is 0 Å². The highest BCUT2D eigenvalue weighted by Crippen LogP contribution is 2.27. The van der Waals surface area contributed by atoms with Gasteiger partial charge in [0, 0.05) is 0 Å². The molecule has 0 amide bonds. The molecule has 1 aromatic carbocycles. The molecule has 0 radical (unpaired) electrons. The largest absolute Gasteiger partial charge is 0.480 e. The van der Waals surface area contributed by atoms with Crippen LogP contribution in [-0.2, 0) is 10.3 Å². The van der Waals surface area contributed by atoms with Gasteiger partial charge < -0.3 is 5.11 Å². The molecule has 0 aliphatic carbocycles. The number of carboxylic acids is 1. The van der Waals surface area contributed by atoms with Gasteiger partial charge in [0.05, 0.1) is 0 Å². The van der Waals surface area contributed by atoms with Crippen LogP contribution < -0.4 is 5.32 Å². The zero-order chi connectivity index (χ0) is 14.8. The third-order valence-electron chi connectivity index (χ3n) is 3.28. The lowest BCUT2D eigenvalue weighted by Crippen LogP contribution is -2.50. The van der Waals surface area contributed by atoms with Crippen LogP contribution in [0.2, 0.25) is 0 Å². The Kier molecular flexibility index (Phi) is 7.70. The average Bonchev–Trinajstić information content (AvgIpc) is 2.47. The molecule has 1 unspecified atom stereocenters. The van der Waals surface area contributed by atoms with E-state index in [-0.39, 0.29) is 0 Å². The zero-order valence-corrected chi connectivity index (χ0v) is 13.2. The van der Waals surface area contributed by atoms with E-state index in [2.05, 4.69) is 19.2 Å². The minimum atomic E-state index is -0.960. The van der Waals surface area contributed by atoms with E-state index in [1.54, 1.807) is 0 Å². The Labute approximate surface area is 126 Å². The first-order chi connectivity index (χ1) is 9.67. The van der Waals surface area contributed by atoms with Crippen LogP contribution in [0.5, 0.6) is 0 Å². The van der Waals surface area contributed by atoms with Crippen LogP contribution in [-0.4, -0.2) is 29.1 Å². The highest BCUT2D eigenvalue weighted by Gasteiger charge is 2.39. The highest BCUT2D eigenvalue weighted by molar-refractivity contribution is 7.99. The maximum atomic E-state index is 11.9. The number of carboxylic acid groups (broad SMARTS) is 1. The quantitative estimate of drug-likeness (QED) is 0.649. The molecule has 0 saturated carbocycles. The molecule has 2 N–H and O–H groups in total. The van der Waals surface area contributed by atoms with Crippen molar-refractivity contribution >= 4 is 17.7 Å². The summed E-state index contributed by atoms with van der Waals surface area (Å²) in [4.78, 5) is 11.9. The Bertz CT molecular complexity index is 397. The predicted octanol–water partition coefficient (Wildman–Crippen LogP) is 3.50. The second-order valence-corrected chi connectivity index (χ2v) is 6.09. The van der Waals surface area contributed by atoms with Crippen LogP contribution in [0.1, 0.15) is 38.7 Å². The summed E-state index contributed by atoms with van der Waals surface area (Å²) in [5.41, 5.74) is -0.115. The molecule has 0 spiro atoms. The molecule has 1 aromatic rings. The Morgan fingerprint density at radius 2 is 1.90 bits per heavy atom. The number of rotatable bonds is 10. The summed E-state index contributed by atoms with van der Waals surface area (Å²) in [6.45, 7) is 4.90. The van der Waals surface area contributed by atoms with E-state index >= 15 is 0 Å². The molecule has 112 valence electrons. The monoisotopic (exact) mass is 295 g/mol. The summed E-state index contributed by atoms with van der Waals surface area (Å²) in [6, 6.07) is 9.53. The van der Waals surface area contributed by atoms with Gasteiger partial charge in [0.1, 0.15) is 5.54 Å². The molecular formula is C16H25NO2S. The van der Waals surface area contributed by atoms with Crippen LogP contribution in [0, 0.1) is 0 Å². The average molecular weight is 295 g/mol. The highest BCUT2D eigenvalue weighted by atomic mass is 32.2. The third-order valence-corrected chi connectivity index (χ3v) is 4.47. The summed E-state index contributed by atoms with van der Waals surface area (Å²) in [7, 11) is 0. The standard InChI is InChI=1S/C16H25NO2S/c1-3-11-17-16(15(18)19,10-13-20-12-4-2)14-8-6-5-7-9-14/h5-9,17H,3-4,10-13H2,1-2H3,(H,18,19). The SMILES string of the molecule is CCCNC(CCSCCC)(C(=O)O)c1ccccc1. The van der Waals surface area contributed by atoms with E-state index in [1.165, 1.54) is 0 Å². The third kappa shape index (κ3) is 4.53. The Hall–Kier alpha value is -1.00. The molecule has 0 bridgehead atoms. The number of nitrogens with one attached hydrogen (secondary N) is 1. The van der Waals surface area contributed by atoms with Gasteiger partial charge in [-0.1, -0.05) is 44.2 Å². The number of benzene rings is 1. The van der Waals surface area contributed by atoms with Crippen molar-refractivity contribution in [2.75, 3.05) is 18.1 Å². The van der Waals surface area contributed by atoms with Crippen LogP contribution >= 0.6 is 11.8 Å². The van der Waals surface area contributed by atoms with E-state index in [0.717, 1.165) is 29.9 Å². The van der Waals surface area contributed by atoms with Crippen molar-refractivity contribution < 1.29 is 9.90 Å². The fourth-order valence-electron chi connectivity index (χ4n) is 2.17. The molecule has 0 aliphatic rings. The van der Waals surface area contributed by atoms with E-state index < -0.39 is 11.5 Å². The fraction of sp³-hybridized carbons (Fsp3) is 0.562. The van der Waals surface area contributed by atoms with Crippen LogP contribution in [0.3, 0.4) is 0 Å². The summed E-state index contributed by atoms with van der Waals surface area (Å²) in [5.74, 6) is 1.15. The summed E-state index contributed by atoms with van der Waals surface area (Å²) in [6.07, 6.45) is 2.65. The number of hydrogen-bond acceptors (Lipinski definition) is 3. The second-order valence-electron chi connectivity index (χ2n) is 4.87. The zero-order valence-electron chi connectivity index (χ0n) is 12.4. The van der Waals surface area contributed by atoms with Crippen LogP contribution in [0.25, 0.3) is 0 Å². The summed E-state index contributed by atoms with van der Waals surface area (Å²) < 4.78 is 0. The lowest BCUT2D eigenvalue weighted by atomic mass is 9.87. The van der Waals surface area contributed by atoms with Gasteiger partial charge in [-0.2, -0.15) is 11.8 Å². The van der Waals surface area contributed by atoms with Crippen LogP contribution in [0.4, 0.5) is 0 Å². The second kappa shape index (κ2) is 9.03. The van der Waals surface area contributed by atoms with Crippen molar-refractivity contribution in [1.29, 1.82) is 0 Å². The van der Waals surface area contributed by atoms with Crippen molar-refractivity contribution in [1.82, 2.24) is 5.32 Å². The van der Waals surface area contributed by atoms with Gasteiger partial charge in [-0.25, -0.2) is 4.79 Å². The van der Waals surface area contributed by atoms with Gasteiger partial charge in [0.2, 0.25) is 0 Å². The van der Waals surface area contributed by atoms with Crippen molar-refractivity contribution in [2.45, 2.75) is 38.6 Å². The first-order valence-corrected chi connectivity index (χ1v) is 8.44. The van der Waals surface area contributed by atoms with Gasteiger partial charge in [-0.05, 0) is 42.9 Å². The lowest BCUT2D eigenvalue weighted by molar-refractivity contribution is -0.145. The minimum absolute atomic E-state index is 0.608. The molecule has 0 fully saturated rings. The molecule has 4 heteroatoms. The van der Waals surface area contributed by atoms with E-state index in [0.29, 0.717) is 13.0 Å². The Morgan fingerprint density at radius 1 is 1.20 bits per heavy atom. The number of thioether (sulfide) groups is 1. The number of carbonyl (C=O) groups is 1. The first-order valence-electron chi connectivity index (χ1n) is 7.29. The molecule has 1 atom stereocenters. The van der Waals surface area contributed by atoms with Crippen molar-refractivity contribution in [3.8, 4) is 0 Å². The summed E-state index contributed by atoms with van der Waals surface area (Å²) in [5, 5.41) is 13.1. The molecule has 0 aromatic heterocycles.